The number of hydrogen-bond donors (Lipinski definition) is 1. The number of nitrogens with zero attached hydrogens (tertiary/aromatic N) is 3. The Kier molecular flexibility index (Phi) is 6.29. The van der Waals surface area contributed by atoms with E-state index >= 15 is 0 Å². The van der Waals surface area contributed by atoms with Gasteiger partial charge in [0.05, 0.1) is 46.5 Å². The van der Waals surface area contributed by atoms with Crippen molar-refractivity contribution in [2.24, 2.45) is 11.8 Å². The van der Waals surface area contributed by atoms with Crippen LogP contribution in [-0.2, 0) is 16.1 Å². The van der Waals surface area contributed by atoms with Gasteiger partial charge in [0.2, 0.25) is 5.95 Å². The third-order valence-electron chi connectivity index (χ3n) is 8.33. The highest BCUT2D eigenvalue weighted by atomic mass is 35.5. The van der Waals surface area contributed by atoms with Crippen molar-refractivity contribution in [3.8, 4) is 11.3 Å². The van der Waals surface area contributed by atoms with Crippen LogP contribution in [0.4, 0.5) is 5.95 Å². The average molecular weight is 567 g/mol. The summed E-state index contributed by atoms with van der Waals surface area (Å²) in [6.07, 6.45) is 4.39. The van der Waals surface area contributed by atoms with Crippen molar-refractivity contribution in [1.82, 2.24) is 15.1 Å². The van der Waals surface area contributed by atoms with E-state index in [4.69, 9.17) is 42.2 Å². The first kappa shape index (κ1) is 24.9. The van der Waals surface area contributed by atoms with Crippen LogP contribution >= 0.6 is 23.2 Å². The van der Waals surface area contributed by atoms with Crippen molar-refractivity contribution < 1.29 is 18.8 Å². The minimum Gasteiger partial charge on any atom is -0.465 e. The number of benzene rings is 2. The first-order valence-electron chi connectivity index (χ1n) is 13.4. The standard InChI is InChI=1S/C29H28Cl2N4O4/c1-37-28(36)16-7-8-23-24(11-16)33-29(32-23)35-12-17-9-19(10-18(17)13-35)38-14-20-26(34-39-27(20)15-5-6-15)25-21(30)3-2-4-22(25)31/h2-4,7-8,11,15,17-19H,5-6,9-10,12-14H2,1H3,(H,32,33)/t17-,18?,19+/m0/s1. The van der Waals surface area contributed by atoms with Gasteiger partial charge < -0.3 is 23.9 Å². The van der Waals surface area contributed by atoms with Crippen molar-refractivity contribution in [2.75, 3.05) is 25.1 Å². The van der Waals surface area contributed by atoms with Crippen molar-refractivity contribution in [3.05, 3.63) is 63.3 Å². The van der Waals surface area contributed by atoms with Gasteiger partial charge in [-0.2, -0.15) is 0 Å². The molecule has 3 heterocycles. The molecule has 2 saturated carbocycles. The molecule has 7 rings (SSSR count). The molecule has 0 radical (unpaired) electrons. The van der Waals surface area contributed by atoms with Gasteiger partial charge in [0.1, 0.15) is 11.5 Å². The Hall–Kier alpha value is -3.07. The number of carbonyl (C=O) groups is 1. The summed E-state index contributed by atoms with van der Waals surface area (Å²) < 4.78 is 17.1. The zero-order chi connectivity index (χ0) is 26.7. The zero-order valence-corrected chi connectivity index (χ0v) is 23.0. The van der Waals surface area contributed by atoms with Crippen LogP contribution in [0.15, 0.2) is 40.9 Å². The highest BCUT2D eigenvalue weighted by Gasteiger charge is 2.42. The number of anilines is 1. The third-order valence-corrected chi connectivity index (χ3v) is 8.96. The van der Waals surface area contributed by atoms with E-state index in [0.29, 0.717) is 51.2 Å². The molecule has 8 nitrogen and oxygen atoms in total. The first-order chi connectivity index (χ1) is 19.0. The summed E-state index contributed by atoms with van der Waals surface area (Å²) in [6.45, 7) is 2.29. The van der Waals surface area contributed by atoms with E-state index in [1.54, 1.807) is 12.1 Å². The number of carbonyl (C=O) groups excluding carboxylic acids is 1. The molecule has 2 aromatic heterocycles. The summed E-state index contributed by atoms with van der Waals surface area (Å²) in [6, 6.07) is 10.9. The summed E-state index contributed by atoms with van der Waals surface area (Å²) in [4.78, 5) is 22.4. The number of H-pyrrole nitrogens is 1. The molecular formula is C29H28Cl2N4O4. The number of esters is 1. The fraction of sp³-hybridized carbons (Fsp3) is 0.414. The zero-order valence-electron chi connectivity index (χ0n) is 21.5. The van der Waals surface area contributed by atoms with Gasteiger partial charge in [-0.1, -0.05) is 34.4 Å². The molecule has 1 unspecified atom stereocenters. The van der Waals surface area contributed by atoms with Gasteiger partial charge in [-0.05, 0) is 67.9 Å². The van der Waals surface area contributed by atoms with Crippen LogP contribution < -0.4 is 4.90 Å². The molecule has 3 aliphatic rings. The second-order valence-corrected chi connectivity index (χ2v) is 11.7. The molecule has 10 heteroatoms. The fourth-order valence-electron chi connectivity index (χ4n) is 6.19. The SMILES string of the molecule is COC(=O)c1ccc2nc(N3CC4C[C@H](OCc5c(-c6c(Cl)cccc6Cl)noc5C5CC5)C[C@H]4C3)[nH]c2c1. The third kappa shape index (κ3) is 4.58. The van der Waals surface area contributed by atoms with E-state index in [-0.39, 0.29) is 12.1 Å². The Labute approximate surface area is 235 Å². The van der Waals surface area contributed by atoms with Crippen LogP contribution in [0.2, 0.25) is 10.0 Å². The van der Waals surface area contributed by atoms with Crippen LogP contribution in [0, 0.1) is 11.8 Å². The molecular weight excluding hydrogens is 539 g/mol. The Morgan fingerprint density at radius 3 is 2.56 bits per heavy atom. The van der Waals surface area contributed by atoms with E-state index < -0.39 is 0 Å². The van der Waals surface area contributed by atoms with Crippen LogP contribution in [-0.4, -0.2) is 47.4 Å². The molecule has 0 bridgehead atoms. The lowest BCUT2D eigenvalue weighted by molar-refractivity contribution is 0.0402. The van der Waals surface area contributed by atoms with Crippen molar-refractivity contribution in [1.29, 1.82) is 0 Å². The maximum atomic E-state index is 11.9. The lowest BCUT2D eigenvalue weighted by atomic mass is 10.0. The van der Waals surface area contributed by atoms with E-state index in [9.17, 15) is 4.79 Å². The number of ether oxygens (including phenoxy) is 2. The van der Waals surface area contributed by atoms with Gasteiger partial charge in [-0.25, -0.2) is 9.78 Å². The van der Waals surface area contributed by atoms with Gasteiger partial charge >= 0.3 is 5.97 Å². The number of aromatic nitrogens is 3. The molecule has 1 N–H and O–H groups in total. The summed E-state index contributed by atoms with van der Waals surface area (Å²) >= 11 is 13.0. The van der Waals surface area contributed by atoms with E-state index in [0.717, 1.165) is 67.1 Å². The van der Waals surface area contributed by atoms with Gasteiger partial charge in [0.25, 0.3) is 0 Å². The quantitative estimate of drug-likeness (QED) is 0.251. The molecule has 1 saturated heterocycles. The molecule has 0 spiro atoms. The van der Waals surface area contributed by atoms with Gasteiger partial charge in [0.15, 0.2) is 0 Å². The maximum Gasteiger partial charge on any atom is 0.337 e. The highest BCUT2D eigenvalue weighted by Crippen LogP contribution is 2.47. The minimum atomic E-state index is -0.354. The Morgan fingerprint density at radius 2 is 1.87 bits per heavy atom. The van der Waals surface area contributed by atoms with Gasteiger partial charge in [0, 0.05) is 30.1 Å². The Bertz CT molecular complexity index is 1530. The lowest BCUT2D eigenvalue weighted by Crippen LogP contribution is -2.24. The maximum absolute atomic E-state index is 11.9. The van der Waals surface area contributed by atoms with Crippen LogP contribution in [0.1, 0.15) is 53.3 Å². The number of rotatable bonds is 7. The fourth-order valence-corrected chi connectivity index (χ4v) is 6.77. The summed E-state index contributed by atoms with van der Waals surface area (Å²) in [5.74, 6) is 2.88. The van der Waals surface area contributed by atoms with Crippen molar-refractivity contribution in [2.45, 2.75) is 44.3 Å². The molecule has 0 amide bonds. The second-order valence-electron chi connectivity index (χ2n) is 10.9. The number of hydrogen-bond acceptors (Lipinski definition) is 7. The number of methoxy groups -OCH3 is 1. The van der Waals surface area contributed by atoms with Crippen LogP contribution in [0.25, 0.3) is 22.3 Å². The molecule has 39 heavy (non-hydrogen) atoms. The number of fused-ring (bicyclic) bond motifs is 2. The van der Waals surface area contributed by atoms with Crippen molar-refractivity contribution >= 4 is 46.2 Å². The molecule has 202 valence electrons. The predicted molar refractivity (Wildman–Crippen MR) is 148 cm³/mol. The minimum absolute atomic E-state index is 0.178. The monoisotopic (exact) mass is 566 g/mol. The van der Waals surface area contributed by atoms with Crippen LogP contribution in [0.3, 0.4) is 0 Å². The van der Waals surface area contributed by atoms with E-state index in [1.807, 2.05) is 24.3 Å². The van der Waals surface area contributed by atoms with Gasteiger partial charge in [-0.3, -0.25) is 0 Å². The molecule has 3 atom stereocenters. The molecule has 4 aromatic rings. The first-order valence-corrected chi connectivity index (χ1v) is 14.1. The normalized spacial score (nSPS) is 22.5. The van der Waals surface area contributed by atoms with E-state index in [1.165, 1.54) is 7.11 Å². The molecule has 3 fully saturated rings. The second kappa shape index (κ2) is 9.84. The molecule has 2 aromatic carbocycles. The molecule has 1 aliphatic heterocycles. The van der Waals surface area contributed by atoms with Gasteiger partial charge in [-0.15, -0.1) is 0 Å². The Balaban J connectivity index is 1.03. The number of aromatic amines is 1. The lowest BCUT2D eigenvalue weighted by Gasteiger charge is -2.19. The van der Waals surface area contributed by atoms with Crippen molar-refractivity contribution in [3.63, 3.8) is 0 Å². The number of halogens is 2. The summed E-state index contributed by atoms with van der Waals surface area (Å²) in [5.41, 5.74) is 4.55. The Morgan fingerprint density at radius 1 is 1.13 bits per heavy atom. The summed E-state index contributed by atoms with van der Waals surface area (Å²) in [5, 5.41) is 5.50. The van der Waals surface area contributed by atoms with Crippen LogP contribution in [0.5, 0.6) is 0 Å². The predicted octanol–water partition coefficient (Wildman–Crippen LogP) is 6.62. The summed E-state index contributed by atoms with van der Waals surface area (Å²) in [7, 11) is 1.39. The average Bonchev–Trinajstić information content (AvgIpc) is 3.24. The number of imidazole rings is 1. The smallest absolute Gasteiger partial charge is 0.337 e. The molecule has 2 aliphatic carbocycles. The topological polar surface area (TPSA) is 93.5 Å². The highest BCUT2D eigenvalue weighted by molar-refractivity contribution is 6.39. The van der Waals surface area contributed by atoms with E-state index in [2.05, 4.69) is 15.0 Å². The number of nitrogens with one attached hydrogen (secondary N) is 1. The largest absolute Gasteiger partial charge is 0.465 e.